The molecule has 2 aromatic carbocycles. The predicted molar refractivity (Wildman–Crippen MR) is 80.9 cm³/mol. The topological polar surface area (TPSA) is 48.1 Å². The van der Waals surface area contributed by atoms with Gasteiger partial charge in [0.15, 0.2) is 0 Å². The summed E-state index contributed by atoms with van der Waals surface area (Å²) in [6, 6.07) is 17.9. The summed E-state index contributed by atoms with van der Waals surface area (Å²) >= 11 is 0. The molecule has 3 heteroatoms. The van der Waals surface area contributed by atoms with Crippen LogP contribution in [0.15, 0.2) is 60.8 Å². The Hall–Kier alpha value is -2.39. The van der Waals surface area contributed by atoms with Gasteiger partial charge in [0.2, 0.25) is 0 Å². The maximum atomic E-state index is 5.82. The Morgan fingerprint density at radius 3 is 2.40 bits per heavy atom. The molecule has 1 atom stereocenters. The Morgan fingerprint density at radius 1 is 0.950 bits per heavy atom. The largest absolute Gasteiger partial charge is 0.456 e. The van der Waals surface area contributed by atoms with Gasteiger partial charge in [0, 0.05) is 6.04 Å². The summed E-state index contributed by atoms with van der Waals surface area (Å²) in [6.07, 6.45) is 1.70. The Labute approximate surface area is 118 Å². The van der Waals surface area contributed by atoms with Crippen LogP contribution in [0.2, 0.25) is 0 Å². The second-order valence-corrected chi connectivity index (χ2v) is 4.82. The fourth-order valence-corrected chi connectivity index (χ4v) is 2.09. The number of hydrogen-bond donors (Lipinski definition) is 1. The summed E-state index contributed by atoms with van der Waals surface area (Å²) in [7, 11) is 0. The monoisotopic (exact) mass is 264 g/mol. The lowest BCUT2D eigenvalue weighted by Crippen LogP contribution is -2.06. The van der Waals surface area contributed by atoms with E-state index < -0.39 is 0 Å². The van der Waals surface area contributed by atoms with E-state index in [1.165, 1.54) is 5.39 Å². The summed E-state index contributed by atoms with van der Waals surface area (Å²) in [4.78, 5) is 4.29. The highest BCUT2D eigenvalue weighted by molar-refractivity contribution is 5.83. The van der Waals surface area contributed by atoms with Crippen molar-refractivity contribution in [1.82, 2.24) is 4.98 Å². The Kier molecular flexibility index (Phi) is 3.35. The van der Waals surface area contributed by atoms with Crippen LogP contribution in [-0.2, 0) is 0 Å². The lowest BCUT2D eigenvalue weighted by molar-refractivity contribution is 0.480. The minimum atomic E-state index is -0.0651. The van der Waals surface area contributed by atoms with E-state index in [-0.39, 0.29) is 6.04 Å². The zero-order valence-corrected chi connectivity index (χ0v) is 11.3. The van der Waals surface area contributed by atoms with E-state index >= 15 is 0 Å². The molecular weight excluding hydrogens is 248 g/mol. The van der Waals surface area contributed by atoms with Gasteiger partial charge in [-0.05, 0) is 42.0 Å². The molecule has 1 aromatic heterocycles. The van der Waals surface area contributed by atoms with Crippen LogP contribution in [0.5, 0.6) is 11.5 Å². The van der Waals surface area contributed by atoms with Crippen LogP contribution in [0.3, 0.4) is 0 Å². The van der Waals surface area contributed by atoms with Gasteiger partial charge < -0.3 is 10.5 Å². The average Bonchev–Trinajstić information content (AvgIpc) is 2.48. The molecule has 3 rings (SSSR count). The van der Waals surface area contributed by atoms with Crippen molar-refractivity contribution >= 4 is 10.8 Å². The molecule has 0 radical (unpaired) electrons. The number of benzene rings is 2. The maximum absolute atomic E-state index is 5.82. The zero-order valence-electron chi connectivity index (χ0n) is 11.3. The van der Waals surface area contributed by atoms with Gasteiger partial charge in [-0.1, -0.05) is 30.3 Å². The van der Waals surface area contributed by atoms with Crippen molar-refractivity contribution in [3.63, 3.8) is 0 Å². The number of fused-ring (bicyclic) bond motifs is 1. The highest BCUT2D eigenvalue weighted by Gasteiger charge is 2.03. The van der Waals surface area contributed by atoms with E-state index in [0.717, 1.165) is 16.8 Å². The number of nitrogens with two attached hydrogens (primary N) is 1. The molecule has 3 aromatic rings. The van der Waals surface area contributed by atoms with Crippen LogP contribution in [0.4, 0.5) is 0 Å². The smallest absolute Gasteiger partial charge is 0.145 e. The molecule has 2 N–H and O–H groups in total. The number of aromatic nitrogens is 1. The SMILES string of the molecule is C[C@H](N)c1ccc(Oc2ccc3ccccc3c2)cn1. The number of pyridine rings is 1. The van der Waals surface area contributed by atoms with E-state index in [9.17, 15) is 0 Å². The predicted octanol–water partition coefficient (Wildman–Crippen LogP) is 4.05. The van der Waals surface area contributed by atoms with Crippen molar-refractivity contribution in [2.24, 2.45) is 5.73 Å². The average molecular weight is 264 g/mol. The van der Waals surface area contributed by atoms with Crippen LogP contribution < -0.4 is 10.5 Å². The van der Waals surface area contributed by atoms with Crippen molar-refractivity contribution in [3.8, 4) is 11.5 Å². The minimum absolute atomic E-state index is 0.0651. The third kappa shape index (κ3) is 2.63. The molecule has 0 spiro atoms. The molecule has 1 heterocycles. The summed E-state index contributed by atoms with van der Waals surface area (Å²) in [5.74, 6) is 1.52. The number of rotatable bonds is 3. The molecule has 0 aliphatic heterocycles. The van der Waals surface area contributed by atoms with Crippen LogP contribution in [0.1, 0.15) is 18.7 Å². The van der Waals surface area contributed by atoms with Gasteiger partial charge in [-0.3, -0.25) is 4.98 Å². The summed E-state index contributed by atoms with van der Waals surface area (Å²) in [6.45, 7) is 1.91. The van der Waals surface area contributed by atoms with Crippen molar-refractivity contribution in [2.75, 3.05) is 0 Å². The number of hydrogen-bond acceptors (Lipinski definition) is 3. The highest BCUT2D eigenvalue weighted by atomic mass is 16.5. The lowest BCUT2D eigenvalue weighted by Gasteiger charge is -2.08. The first-order chi connectivity index (χ1) is 9.72. The first-order valence-corrected chi connectivity index (χ1v) is 6.60. The van der Waals surface area contributed by atoms with Crippen molar-refractivity contribution < 1.29 is 4.74 Å². The van der Waals surface area contributed by atoms with Crippen LogP contribution in [0.25, 0.3) is 10.8 Å². The van der Waals surface area contributed by atoms with E-state index in [4.69, 9.17) is 10.5 Å². The van der Waals surface area contributed by atoms with Crippen molar-refractivity contribution in [1.29, 1.82) is 0 Å². The lowest BCUT2D eigenvalue weighted by atomic mass is 10.1. The van der Waals surface area contributed by atoms with Crippen molar-refractivity contribution in [2.45, 2.75) is 13.0 Å². The molecular formula is C17H16N2O. The molecule has 0 unspecified atom stereocenters. The normalized spacial score (nSPS) is 12.3. The first kappa shape index (κ1) is 12.6. The molecule has 0 bridgehead atoms. The zero-order chi connectivity index (χ0) is 13.9. The third-order valence-electron chi connectivity index (χ3n) is 3.18. The molecule has 0 amide bonds. The molecule has 3 nitrogen and oxygen atoms in total. The first-order valence-electron chi connectivity index (χ1n) is 6.60. The van der Waals surface area contributed by atoms with E-state index in [0.29, 0.717) is 5.75 Å². The molecule has 100 valence electrons. The second-order valence-electron chi connectivity index (χ2n) is 4.82. The molecule has 20 heavy (non-hydrogen) atoms. The van der Waals surface area contributed by atoms with Gasteiger partial charge in [0.25, 0.3) is 0 Å². The van der Waals surface area contributed by atoms with Crippen LogP contribution in [-0.4, -0.2) is 4.98 Å². The Balaban J connectivity index is 1.85. The summed E-state index contributed by atoms with van der Waals surface area (Å²) in [5.41, 5.74) is 6.63. The molecule has 0 aliphatic carbocycles. The molecule has 0 saturated heterocycles. The van der Waals surface area contributed by atoms with Gasteiger partial charge in [-0.25, -0.2) is 0 Å². The fourth-order valence-electron chi connectivity index (χ4n) is 2.09. The quantitative estimate of drug-likeness (QED) is 0.776. The molecule has 0 fully saturated rings. The Morgan fingerprint density at radius 2 is 1.70 bits per heavy atom. The van der Waals surface area contributed by atoms with Gasteiger partial charge in [0.05, 0.1) is 11.9 Å². The Bertz CT molecular complexity index is 720. The molecule has 0 aliphatic rings. The van der Waals surface area contributed by atoms with Gasteiger partial charge in [-0.2, -0.15) is 0 Å². The van der Waals surface area contributed by atoms with Crippen molar-refractivity contribution in [3.05, 3.63) is 66.5 Å². The minimum Gasteiger partial charge on any atom is -0.456 e. The maximum Gasteiger partial charge on any atom is 0.145 e. The number of ether oxygens (including phenoxy) is 1. The second kappa shape index (κ2) is 5.31. The van der Waals surface area contributed by atoms with Gasteiger partial charge >= 0.3 is 0 Å². The van der Waals surface area contributed by atoms with Gasteiger partial charge in [0.1, 0.15) is 11.5 Å². The highest BCUT2D eigenvalue weighted by Crippen LogP contribution is 2.25. The van der Waals surface area contributed by atoms with Crippen LogP contribution in [0, 0.1) is 0 Å². The summed E-state index contributed by atoms with van der Waals surface area (Å²) in [5, 5.41) is 2.36. The van der Waals surface area contributed by atoms with Crippen LogP contribution >= 0.6 is 0 Å². The van der Waals surface area contributed by atoms with E-state index in [2.05, 4.69) is 23.2 Å². The van der Waals surface area contributed by atoms with Gasteiger partial charge in [-0.15, -0.1) is 0 Å². The van der Waals surface area contributed by atoms with E-state index in [1.807, 2.05) is 43.3 Å². The third-order valence-corrected chi connectivity index (χ3v) is 3.18. The fraction of sp³-hybridized carbons (Fsp3) is 0.118. The standard InChI is InChI=1S/C17H16N2O/c1-12(18)17-9-8-16(11-19-17)20-15-7-6-13-4-2-3-5-14(13)10-15/h2-12H,18H2,1H3/t12-/m0/s1. The number of nitrogens with zero attached hydrogens (tertiary/aromatic N) is 1. The van der Waals surface area contributed by atoms with E-state index in [1.54, 1.807) is 6.20 Å². The summed E-state index contributed by atoms with van der Waals surface area (Å²) < 4.78 is 5.82. The molecule has 0 saturated carbocycles.